The van der Waals surface area contributed by atoms with Gasteiger partial charge in [-0.3, -0.25) is 0 Å². The van der Waals surface area contributed by atoms with E-state index in [2.05, 4.69) is 14.8 Å². The second-order valence-electron chi connectivity index (χ2n) is 6.06. The van der Waals surface area contributed by atoms with Gasteiger partial charge in [0, 0.05) is 23.6 Å². The Morgan fingerprint density at radius 2 is 2.07 bits per heavy atom. The van der Waals surface area contributed by atoms with Gasteiger partial charge in [-0.15, -0.1) is 13.2 Å². The molecule has 2 N–H and O–H groups in total. The first-order chi connectivity index (χ1) is 13.3. The molecule has 0 saturated carbocycles. The zero-order valence-electron chi connectivity index (χ0n) is 14.4. The molecule has 0 bridgehead atoms. The molecule has 3 rings (SSSR count). The number of anilines is 1. The fraction of sp³-hybridized carbons (Fsp3) is 0.211. The van der Waals surface area contributed by atoms with Crippen LogP contribution in [0.15, 0.2) is 53.6 Å². The van der Waals surface area contributed by atoms with Crippen LogP contribution in [0.4, 0.5) is 23.2 Å². The molecular weight excluding hydrogens is 394 g/mol. The molecule has 0 radical (unpaired) electrons. The molecule has 146 valence electrons. The van der Waals surface area contributed by atoms with Crippen molar-refractivity contribution in [1.29, 1.82) is 5.26 Å². The highest BCUT2D eigenvalue weighted by Gasteiger charge is 2.31. The van der Waals surface area contributed by atoms with Gasteiger partial charge >= 0.3 is 6.36 Å². The molecule has 9 heteroatoms. The van der Waals surface area contributed by atoms with Crippen molar-refractivity contribution in [2.45, 2.75) is 12.8 Å². The minimum atomic E-state index is -4.73. The summed E-state index contributed by atoms with van der Waals surface area (Å²) in [4.78, 5) is 0.894. The predicted molar refractivity (Wildman–Crippen MR) is 98.7 cm³/mol. The summed E-state index contributed by atoms with van der Waals surface area (Å²) in [6.45, 7) is 0.615. The quantitative estimate of drug-likeness (QED) is 0.522. The molecule has 0 amide bonds. The number of nitrogens with zero attached hydrogens (tertiary/aromatic N) is 1. The average molecular weight is 409 g/mol. The molecule has 2 aromatic rings. The van der Waals surface area contributed by atoms with Gasteiger partial charge < -0.3 is 14.8 Å². The molecule has 1 unspecified atom stereocenters. The van der Waals surface area contributed by atoms with Gasteiger partial charge in [0.15, 0.2) is 0 Å². The van der Waals surface area contributed by atoms with Crippen molar-refractivity contribution in [3.05, 3.63) is 70.5 Å². The maximum absolute atomic E-state index is 14.0. The van der Waals surface area contributed by atoms with E-state index in [9.17, 15) is 17.6 Å². The van der Waals surface area contributed by atoms with E-state index in [1.807, 2.05) is 6.07 Å². The van der Waals surface area contributed by atoms with E-state index in [1.54, 1.807) is 12.3 Å². The molecular formula is C19H15F4N3OS. The number of nitrogens with one attached hydrogen (secondary N) is 2. The van der Waals surface area contributed by atoms with E-state index in [1.165, 1.54) is 42.3 Å². The number of alkyl halides is 3. The van der Waals surface area contributed by atoms with E-state index in [-0.39, 0.29) is 22.9 Å². The van der Waals surface area contributed by atoms with Crippen LogP contribution < -0.4 is 14.8 Å². The number of hydrogen-bond acceptors (Lipinski definition) is 5. The highest BCUT2D eigenvalue weighted by Crippen LogP contribution is 2.32. The standard InChI is InChI=1S/C19H15F4N3OS/c20-16-8-13(9-24)4-5-17(16)26-28-18-11-25-10-14(18)6-12-2-1-3-15(7-12)27-19(21,22)23/h1-5,7-8,11,14,25-26H,6,10H2. The summed E-state index contributed by atoms with van der Waals surface area (Å²) >= 11 is 1.22. The summed E-state index contributed by atoms with van der Waals surface area (Å²) in [5, 5.41) is 11.9. The molecule has 0 saturated heterocycles. The maximum atomic E-state index is 14.0. The molecule has 2 aromatic carbocycles. The lowest BCUT2D eigenvalue weighted by molar-refractivity contribution is -0.274. The van der Waals surface area contributed by atoms with Crippen molar-refractivity contribution in [3.8, 4) is 11.8 Å². The summed E-state index contributed by atoms with van der Waals surface area (Å²) in [6, 6.07) is 11.9. The van der Waals surface area contributed by atoms with Crippen molar-refractivity contribution in [3.63, 3.8) is 0 Å². The predicted octanol–water partition coefficient (Wildman–Crippen LogP) is 4.96. The molecule has 1 heterocycles. The van der Waals surface area contributed by atoms with Crippen LogP contribution in [0.5, 0.6) is 5.75 Å². The number of ether oxygens (including phenoxy) is 1. The molecule has 28 heavy (non-hydrogen) atoms. The van der Waals surface area contributed by atoms with Crippen LogP contribution in [0.1, 0.15) is 11.1 Å². The number of benzene rings is 2. The van der Waals surface area contributed by atoms with Crippen molar-refractivity contribution in [2.24, 2.45) is 5.92 Å². The largest absolute Gasteiger partial charge is 0.573 e. The van der Waals surface area contributed by atoms with Crippen LogP contribution >= 0.6 is 11.9 Å². The van der Waals surface area contributed by atoms with Gasteiger partial charge in [0.1, 0.15) is 11.6 Å². The molecule has 0 aromatic heterocycles. The van der Waals surface area contributed by atoms with Crippen molar-refractivity contribution >= 4 is 17.6 Å². The zero-order valence-corrected chi connectivity index (χ0v) is 15.2. The third-order valence-electron chi connectivity index (χ3n) is 4.00. The maximum Gasteiger partial charge on any atom is 0.573 e. The van der Waals surface area contributed by atoms with Gasteiger partial charge in [-0.2, -0.15) is 5.26 Å². The fourth-order valence-electron chi connectivity index (χ4n) is 2.74. The van der Waals surface area contributed by atoms with Crippen molar-refractivity contribution in [2.75, 3.05) is 11.3 Å². The Kier molecular flexibility index (Phi) is 5.99. The molecule has 0 aliphatic carbocycles. The van der Waals surface area contributed by atoms with Crippen LogP contribution in [0, 0.1) is 23.1 Å². The Hall–Kier alpha value is -2.86. The fourth-order valence-corrected chi connectivity index (χ4v) is 3.61. The minimum Gasteiger partial charge on any atom is -0.406 e. The Morgan fingerprint density at radius 3 is 2.79 bits per heavy atom. The van der Waals surface area contributed by atoms with E-state index in [0.717, 1.165) is 11.0 Å². The van der Waals surface area contributed by atoms with Gasteiger partial charge in [0.2, 0.25) is 0 Å². The summed E-state index contributed by atoms with van der Waals surface area (Å²) in [5.74, 6) is -0.779. The summed E-state index contributed by atoms with van der Waals surface area (Å²) < 4.78 is 58.0. The second kappa shape index (κ2) is 8.44. The van der Waals surface area contributed by atoms with Crippen LogP contribution in [0.3, 0.4) is 0 Å². The third kappa shape index (κ3) is 5.33. The van der Waals surface area contributed by atoms with Crippen LogP contribution in [-0.4, -0.2) is 12.9 Å². The number of rotatable bonds is 6. The highest BCUT2D eigenvalue weighted by atomic mass is 32.2. The first kappa shape index (κ1) is 19.9. The lowest BCUT2D eigenvalue weighted by Crippen LogP contribution is -2.17. The van der Waals surface area contributed by atoms with Gasteiger partial charge in [-0.1, -0.05) is 12.1 Å². The average Bonchev–Trinajstić information content (AvgIpc) is 3.06. The second-order valence-corrected chi connectivity index (χ2v) is 6.94. The number of halogens is 4. The van der Waals surface area contributed by atoms with Gasteiger partial charge in [-0.05, 0) is 54.3 Å². The Balaban J connectivity index is 1.62. The topological polar surface area (TPSA) is 57.1 Å². The van der Waals surface area contributed by atoms with Crippen LogP contribution in [0.25, 0.3) is 0 Å². The van der Waals surface area contributed by atoms with Crippen molar-refractivity contribution in [1.82, 2.24) is 5.32 Å². The van der Waals surface area contributed by atoms with E-state index < -0.39 is 12.2 Å². The molecule has 1 aliphatic rings. The van der Waals surface area contributed by atoms with Gasteiger partial charge in [0.25, 0.3) is 0 Å². The summed E-state index contributed by atoms with van der Waals surface area (Å²) in [6.07, 6.45) is -2.44. The smallest absolute Gasteiger partial charge is 0.406 e. The first-order valence-corrected chi connectivity index (χ1v) is 9.06. The zero-order chi connectivity index (χ0) is 20.1. The number of hydrogen-bond donors (Lipinski definition) is 2. The SMILES string of the molecule is N#Cc1ccc(NSC2=CNCC2Cc2cccc(OC(F)(F)F)c2)c(F)c1. The Bertz CT molecular complexity index is 924. The lowest BCUT2D eigenvalue weighted by atomic mass is 10.0. The molecule has 0 spiro atoms. The highest BCUT2D eigenvalue weighted by molar-refractivity contribution is 8.04. The lowest BCUT2D eigenvalue weighted by Gasteiger charge is -2.16. The third-order valence-corrected chi connectivity index (χ3v) is 5.01. The van der Waals surface area contributed by atoms with E-state index >= 15 is 0 Å². The van der Waals surface area contributed by atoms with Crippen LogP contribution in [-0.2, 0) is 6.42 Å². The Labute approximate surface area is 163 Å². The molecule has 1 atom stereocenters. The normalized spacial score (nSPS) is 16.1. The van der Waals surface area contributed by atoms with Gasteiger partial charge in [-0.25, -0.2) is 4.39 Å². The minimum absolute atomic E-state index is 0.0140. The molecule has 4 nitrogen and oxygen atoms in total. The first-order valence-electron chi connectivity index (χ1n) is 8.25. The van der Waals surface area contributed by atoms with Crippen molar-refractivity contribution < 1.29 is 22.3 Å². The Morgan fingerprint density at radius 1 is 1.25 bits per heavy atom. The summed E-state index contributed by atoms with van der Waals surface area (Å²) in [7, 11) is 0. The molecule has 1 aliphatic heterocycles. The van der Waals surface area contributed by atoms with E-state index in [4.69, 9.17) is 5.26 Å². The summed E-state index contributed by atoms with van der Waals surface area (Å²) in [5.41, 5.74) is 1.18. The van der Waals surface area contributed by atoms with Crippen LogP contribution in [0.2, 0.25) is 0 Å². The van der Waals surface area contributed by atoms with Gasteiger partial charge in [0.05, 0.1) is 17.3 Å². The number of nitriles is 1. The van der Waals surface area contributed by atoms with E-state index in [0.29, 0.717) is 18.5 Å². The monoisotopic (exact) mass is 409 g/mol. The molecule has 0 fully saturated rings.